The topological polar surface area (TPSA) is 0 Å². The fourth-order valence-electron chi connectivity index (χ4n) is 2.70. The summed E-state index contributed by atoms with van der Waals surface area (Å²) in [7, 11) is 0. The lowest BCUT2D eigenvalue weighted by atomic mass is 9.98. The summed E-state index contributed by atoms with van der Waals surface area (Å²) < 4.78 is 0. The molecule has 0 unspecified atom stereocenters. The van der Waals surface area contributed by atoms with Crippen LogP contribution in [-0.2, 0) is 12.8 Å². The molecule has 0 fully saturated rings. The molecule has 0 radical (unpaired) electrons. The summed E-state index contributed by atoms with van der Waals surface area (Å²) in [5, 5.41) is 0. The molecule has 0 aromatic heterocycles. The summed E-state index contributed by atoms with van der Waals surface area (Å²) in [6.07, 6.45) is 10.7. The van der Waals surface area contributed by atoms with Crippen LogP contribution in [0.2, 0.25) is 0 Å². The van der Waals surface area contributed by atoms with E-state index in [2.05, 4.69) is 52.0 Å². The molecule has 0 aliphatic heterocycles. The molecule has 1 aromatic rings. The normalized spacial score (nSPS) is 11.5. The van der Waals surface area contributed by atoms with E-state index in [0.717, 1.165) is 11.8 Å². The molecule has 0 N–H and O–H groups in total. The second-order valence-corrected chi connectivity index (χ2v) is 7.10. The van der Waals surface area contributed by atoms with Crippen LogP contribution >= 0.6 is 0 Å². The summed E-state index contributed by atoms with van der Waals surface area (Å²) in [4.78, 5) is 0. The number of hydrogen-bond acceptors (Lipinski definition) is 0. The molecule has 0 saturated heterocycles. The first kappa shape index (κ1) is 17.3. The third-order valence-electron chi connectivity index (χ3n) is 3.99. The SMILES string of the molecule is CC(C)CCCCc1cccc(CCCCC(C)C)c1. The minimum atomic E-state index is 0.849. The predicted octanol–water partition coefficient (Wildman–Crippen LogP) is 6.42. The fraction of sp³-hybridized carbons (Fsp3) is 0.700. The molecule has 114 valence electrons. The maximum atomic E-state index is 2.44. The Bertz CT molecular complexity index is 318. The quantitative estimate of drug-likeness (QED) is 0.432. The summed E-state index contributed by atoms with van der Waals surface area (Å²) in [6, 6.07) is 9.28. The van der Waals surface area contributed by atoms with E-state index in [1.165, 1.54) is 62.5 Å². The van der Waals surface area contributed by atoms with Crippen molar-refractivity contribution in [2.45, 2.75) is 79.1 Å². The lowest BCUT2D eigenvalue weighted by Gasteiger charge is -2.08. The molecule has 0 atom stereocenters. The molecular weight excluding hydrogens is 240 g/mol. The van der Waals surface area contributed by atoms with Crippen molar-refractivity contribution in [1.29, 1.82) is 0 Å². The van der Waals surface area contributed by atoms with Crippen LogP contribution < -0.4 is 0 Å². The van der Waals surface area contributed by atoms with Gasteiger partial charge in [0.2, 0.25) is 0 Å². The van der Waals surface area contributed by atoms with E-state index < -0.39 is 0 Å². The van der Waals surface area contributed by atoms with Crippen molar-refractivity contribution in [3.05, 3.63) is 35.4 Å². The summed E-state index contributed by atoms with van der Waals surface area (Å²) in [6.45, 7) is 9.27. The maximum Gasteiger partial charge on any atom is -0.0279 e. The summed E-state index contributed by atoms with van der Waals surface area (Å²) >= 11 is 0. The van der Waals surface area contributed by atoms with Crippen LogP contribution in [0.3, 0.4) is 0 Å². The maximum absolute atomic E-state index is 2.44. The molecule has 0 amide bonds. The van der Waals surface area contributed by atoms with Crippen molar-refractivity contribution < 1.29 is 0 Å². The Labute approximate surface area is 127 Å². The zero-order valence-corrected chi connectivity index (χ0v) is 14.1. The molecule has 0 heteroatoms. The summed E-state index contributed by atoms with van der Waals surface area (Å²) in [5.74, 6) is 1.70. The highest BCUT2D eigenvalue weighted by Gasteiger charge is 2.00. The fourth-order valence-corrected chi connectivity index (χ4v) is 2.70. The van der Waals surface area contributed by atoms with Gasteiger partial charge in [0.25, 0.3) is 0 Å². The monoisotopic (exact) mass is 274 g/mol. The van der Waals surface area contributed by atoms with E-state index in [9.17, 15) is 0 Å². The van der Waals surface area contributed by atoms with E-state index in [4.69, 9.17) is 0 Å². The molecule has 0 saturated carbocycles. The minimum Gasteiger partial charge on any atom is -0.0628 e. The second-order valence-electron chi connectivity index (χ2n) is 7.10. The Morgan fingerprint density at radius 3 is 1.55 bits per heavy atom. The Balaban J connectivity index is 2.26. The Kier molecular flexibility index (Phi) is 8.65. The largest absolute Gasteiger partial charge is 0.0628 e. The third kappa shape index (κ3) is 8.40. The Morgan fingerprint density at radius 2 is 1.15 bits per heavy atom. The number of unbranched alkanes of at least 4 members (excludes halogenated alkanes) is 2. The van der Waals surface area contributed by atoms with Crippen molar-refractivity contribution in [3.63, 3.8) is 0 Å². The molecule has 0 heterocycles. The van der Waals surface area contributed by atoms with Crippen molar-refractivity contribution in [1.82, 2.24) is 0 Å². The van der Waals surface area contributed by atoms with Gasteiger partial charge in [0, 0.05) is 0 Å². The first-order valence-corrected chi connectivity index (χ1v) is 8.65. The van der Waals surface area contributed by atoms with Crippen LogP contribution in [-0.4, -0.2) is 0 Å². The first-order valence-electron chi connectivity index (χ1n) is 8.65. The highest BCUT2D eigenvalue weighted by molar-refractivity contribution is 5.23. The number of aryl methyl sites for hydroxylation is 2. The zero-order valence-electron chi connectivity index (χ0n) is 14.1. The lowest BCUT2D eigenvalue weighted by molar-refractivity contribution is 0.536. The van der Waals surface area contributed by atoms with Crippen LogP contribution in [0, 0.1) is 11.8 Å². The van der Waals surface area contributed by atoms with Crippen molar-refractivity contribution in [3.8, 4) is 0 Å². The first-order chi connectivity index (χ1) is 9.58. The van der Waals surface area contributed by atoms with Gasteiger partial charge in [-0.05, 0) is 48.6 Å². The van der Waals surface area contributed by atoms with Crippen molar-refractivity contribution in [2.75, 3.05) is 0 Å². The molecule has 0 spiro atoms. The van der Waals surface area contributed by atoms with Gasteiger partial charge >= 0.3 is 0 Å². The molecular formula is C20H34. The Morgan fingerprint density at radius 1 is 0.700 bits per heavy atom. The molecule has 0 bridgehead atoms. The van der Waals surface area contributed by atoms with Gasteiger partial charge in [-0.15, -0.1) is 0 Å². The van der Waals surface area contributed by atoms with Gasteiger partial charge in [0.05, 0.1) is 0 Å². The average molecular weight is 274 g/mol. The lowest BCUT2D eigenvalue weighted by Crippen LogP contribution is -1.93. The second kappa shape index (κ2) is 10.0. The van der Waals surface area contributed by atoms with E-state index in [0.29, 0.717) is 0 Å². The molecule has 1 aromatic carbocycles. The third-order valence-corrected chi connectivity index (χ3v) is 3.99. The van der Waals surface area contributed by atoms with Gasteiger partial charge in [0.15, 0.2) is 0 Å². The van der Waals surface area contributed by atoms with E-state index >= 15 is 0 Å². The standard InChI is InChI=1S/C20H34/c1-17(2)10-5-7-12-19-14-9-15-20(16-19)13-8-6-11-18(3)4/h9,14-18H,5-8,10-13H2,1-4H3. The van der Waals surface area contributed by atoms with Gasteiger partial charge in [-0.2, -0.15) is 0 Å². The van der Waals surface area contributed by atoms with Crippen LogP contribution in [0.5, 0.6) is 0 Å². The van der Waals surface area contributed by atoms with Gasteiger partial charge in [0.1, 0.15) is 0 Å². The highest BCUT2D eigenvalue weighted by atomic mass is 14.1. The van der Waals surface area contributed by atoms with Gasteiger partial charge in [-0.25, -0.2) is 0 Å². The molecule has 1 rings (SSSR count). The number of hydrogen-bond donors (Lipinski definition) is 0. The van der Waals surface area contributed by atoms with E-state index in [1.54, 1.807) is 0 Å². The number of benzene rings is 1. The number of rotatable bonds is 10. The van der Waals surface area contributed by atoms with Crippen LogP contribution in [0.4, 0.5) is 0 Å². The smallest absolute Gasteiger partial charge is 0.0279 e. The van der Waals surface area contributed by atoms with Gasteiger partial charge in [-0.1, -0.05) is 77.6 Å². The van der Waals surface area contributed by atoms with E-state index in [-0.39, 0.29) is 0 Å². The highest BCUT2D eigenvalue weighted by Crippen LogP contribution is 2.15. The Hall–Kier alpha value is -0.780. The molecule has 20 heavy (non-hydrogen) atoms. The van der Waals surface area contributed by atoms with Crippen molar-refractivity contribution >= 4 is 0 Å². The minimum absolute atomic E-state index is 0.849. The van der Waals surface area contributed by atoms with Crippen LogP contribution in [0.1, 0.15) is 77.3 Å². The molecule has 0 aliphatic rings. The zero-order chi connectivity index (χ0) is 14.8. The molecule has 0 aliphatic carbocycles. The van der Waals surface area contributed by atoms with Gasteiger partial charge in [-0.3, -0.25) is 0 Å². The van der Waals surface area contributed by atoms with Crippen LogP contribution in [0.15, 0.2) is 24.3 Å². The summed E-state index contributed by atoms with van der Waals surface area (Å²) in [5.41, 5.74) is 3.07. The van der Waals surface area contributed by atoms with Gasteiger partial charge < -0.3 is 0 Å². The average Bonchev–Trinajstić information content (AvgIpc) is 2.40. The molecule has 0 nitrogen and oxygen atoms in total. The van der Waals surface area contributed by atoms with Crippen LogP contribution in [0.25, 0.3) is 0 Å². The van der Waals surface area contributed by atoms with Crippen molar-refractivity contribution in [2.24, 2.45) is 11.8 Å². The predicted molar refractivity (Wildman–Crippen MR) is 91.2 cm³/mol. The van der Waals surface area contributed by atoms with E-state index in [1.807, 2.05) is 0 Å².